The molecule has 3 rings (SSSR count). The summed E-state index contributed by atoms with van der Waals surface area (Å²) in [6, 6.07) is 16.4. The summed E-state index contributed by atoms with van der Waals surface area (Å²) in [5.74, 6) is 0. The molecule has 1 fully saturated rings. The summed E-state index contributed by atoms with van der Waals surface area (Å²) in [4.78, 5) is 4.92. The van der Waals surface area contributed by atoms with Crippen molar-refractivity contribution >= 4 is 23.2 Å². The van der Waals surface area contributed by atoms with Crippen LogP contribution in [0.5, 0.6) is 0 Å². The van der Waals surface area contributed by atoms with Crippen LogP contribution in [-0.2, 0) is 0 Å². The fourth-order valence-electron chi connectivity index (χ4n) is 3.41. The number of benzene rings is 2. The quantitative estimate of drug-likeness (QED) is 0.746. The standard InChI is InChI=1S/C21H24Cl2N2O/c22-19-7-3-17(4-8-19)21(18-5-9-20(23)10-6-18)25-14-12-24(13-15-25)11-1-2-16-26/h1-10,21,26H,11-16H2/b2-1-. The highest BCUT2D eigenvalue weighted by Crippen LogP contribution is 2.31. The molecule has 26 heavy (non-hydrogen) atoms. The lowest BCUT2D eigenvalue weighted by molar-refractivity contribution is 0.117. The molecule has 0 saturated carbocycles. The van der Waals surface area contributed by atoms with Crippen molar-refractivity contribution in [1.29, 1.82) is 0 Å². The summed E-state index contributed by atoms with van der Waals surface area (Å²) in [5.41, 5.74) is 2.48. The molecule has 138 valence electrons. The summed E-state index contributed by atoms with van der Waals surface area (Å²) < 4.78 is 0. The smallest absolute Gasteiger partial charge is 0.0612 e. The summed E-state index contributed by atoms with van der Waals surface area (Å²) in [6.45, 7) is 4.99. The number of rotatable bonds is 6. The van der Waals surface area contributed by atoms with Gasteiger partial charge in [-0.05, 0) is 35.4 Å². The van der Waals surface area contributed by atoms with Crippen molar-refractivity contribution in [3.63, 3.8) is 0 Å². The molecule has 3 nitrogen and oxygen atoms in total. The van der Waals surface area contributed by atoms with Gasteiger partial charge in [-0.25, -0.2) is 0 Å². The number of aliphatic hydroxyl groups is 1. The molecule has 1 aliphatic rings. The van der Waals surface area contributed by atoms with Gasteiger partial charge >= 0.3 is 0 Å². The molecule has 0 spiro atoms. The van der Waals surface area contributed by atoms with Gasteiger partial charge in [0.2, 0.25) is 0 Å². The van der Waals surface area contributed by atoms with E-state index < -0.39 is 0 Å². The van der Waals surface area contributed by atoms with E-state index in [-0.39, 0.29) is 12.6 Å². The second kappa shape index (κ2) is 9.54. The van der Waals surface area contributed by atoms with Gasteiger partial charge in [-0.1, -0.05) is 59.6 Å². The molecule has 0 aromatic heterocycles. The third kappa shape index (κ3) is 5.09. The van der Waals surface area contributed by atoms with Crippen LogP contribution in [0, 0.1) is 0 Å². The first-order valence-electron chi connectivity index (χ1n) is 8.90. The highest BCUT2D eigenvalue weighted by molar-refractivity contribution is 6.30. The van der Waals surface area contributed by atoms with Crippen LogP contribution in [0.3, 0.4) is 0 Å². The predicted octanol–water partition coefficient (Wildman–Crippen LogP) is 4.25. The molecule has 1 heterocycles. The second-order valence-electron chi connectivity index (χ2n) is 6.50. The number of aliphatic hydroxyl groups excluding tert-OH is 1. The van der Waals surface area contributed by atoms with Crippen LogP contribution in [0.15, 0.2) is 60.7 Å². The Balaban J connectivity index is 1.77. The van der Waals surface area contributed by atoms with Crippen LogP contribution in [0.1, 0.15) is 17.2 Å². The molecule has 2 aromatic carbocycles. The molecule has 0 radical (unpaired) electrons. The van der Waals surface area contributed by atoms with E-state index in [1.807, 2.05) is 30.3 Å². The Morgan fingerprint density at radius 2 is 1.31 bits per heavy atom. The van der Waals surface area contributed by atoms with Gasteiger partial charge in [0.25, 0.3) is 0 Å². The lowest BCUT2D eigenvalue weighted by Crippen LogP contribution is -2.47. The summed E-state index contributed by atoms with van der Waals surface area (Å²) in [6.07, 6.45) is 3.84. The zero-order chi connectivity index (χ0) is 18.4. The molecule has 0 aliphatic carbocycles. The van der Waals surface area contributed by atoms with E-state index in [4.69, 9.17) is 28.3 Å². The van der Waals surface area contributed by atoms with Crippen molar-refractivity contribution in [1.82, 2.24) is 9.80 Å². The fraction of sp³-hybridized carbons (Fsp3) is 0.333. The monoisotopic (exact) mass is 390 g/mol. The third-order valence-corrected chi connectivity index (χ3v) is 5.28. The molecular formula is C21H24Cl2N2O. The van der Waals surface area contributed by atoms with E-state index >= 15 is 0 Å². The van der Waals surface area contributed by atoms with Crippen molar-refractivity contribution < 1.29 is 5.11 Å². The van der Waals surface area contributed by atoms with Gasteiger partial charge in [0, 0.05) is 42.8 Å². The zero-order valence-electron chi connectivity index (χ0n) is 14.7. The number of hydrogen-bond donors (Lipinski definition) is 1. The fourth-order valence-corrected chi connectivity index (χ4v) is 3.66. The molecule has 0 bridgehead atoms. The van der Waals surface area contributed by atoms with Crippen LogP contribution in [0.2, 0.25) is 10.0 Å². The topological polar surface area (TPSA) is 26.7 Å². The van der Waals surface area contributed by atoms with Gasteiger partial charge in [0.1, 0.15) is 0 Å². The first kappa shape index (κ1) is 19.4. The van der Waals surface area contributed by atoms with Crippen LogP contribution < -0.4 is 0 Å². The summed E-state index contributed by atoms with van der Waals surface area (Å²) in [5, 5.41) is 10.4. The molecule has 0 atom stereocenters. The van der Waals surface area contributed by atoms with E-state index in [0.717, 1.165) is 42.8 Å². The molecule has 1 saturated heterocycles. The van der Waals surface area contributed by atoms with Gasteiger partial charge in [-0.3, -0.25) is 9.80 Å². The maximum absolute atomic E-state index is 8.87. The molecule has 1 N–H and O–H groups in total. The van der Waals surface area contributed by atoms with Crippen molar-refractivity contribution in [2.75, 3.05) is 39.3 Å². The highest BCUT2D eigenvalue weighted by Gasteiger charge is 2.26. The van der Waals surface area contributed by atoms with E-state index in [2.05, 4.69) is 34.1 Å². The van der Waals surface area contributed by atoms with Crippen molar-refractivity contribution in [3.05, 3.63) is 81.9 Å². The Hall–Kier alpha value is -1.36. The molecule has 5 heteroatoms. The van der Waals surface area contributed by atoms with Crippen LogP contribution >= 0.6 is 23.2 Å². The third-order valence-electron chi connectivity index (χ3n) is 4.78. The Kier molecular flexibility index (Phi) is 7.12. The maximum atomic E-state index is 8.87. The van der Waals surface area contributed by atoms with E-state index in [0.29, 0.717) is 0 Å². The minimum absolute atomic E-state index is 0.106. The Morgan fingerprint density at radius 1 is 0.808 bits per heavy atom. The predicted molar refractivity (Wildman–Crippen MR) is 109 cm³/mol. The average molecular weight is 391 g/mol. The van der Waals surface area contributed by atoms with Gasteiger partial charge in [0.15, 0.2) is 0 Å². The lowest BCUT2D eigenvalue weighted by atomic mass is 9.96. The van der Waals surface area contributed by atoms with Crippen LogP contribution in [0.4, 0.5) is 0 Å². The molecular weight excluding hydrogens is 367 g/mol. The first-order chi connectivity index (χ1) is 12.7. The SMILES string of the molecule is OC/C=C\CN1CCN(C(c2ccc(Cl)cc2)c2ccc(Cl)cc2)CC1. The minimum Gasteiger partial charge on any atom is -0.392 e. The Bertz CT molecular complexity index is 662. The lowest BCUT2D eigenvalue weighted by Gasteiger charge is -2.39. The van der Waals surface area contributed by atoms with Crippen molar-refractivity contribution in [3.8, 4) is 0 Å². The summed E-state index contributed by atoms with van der Waals surface area (Å²) in [7, 11) is 0. The first-order valence-corrected chi connectivity index (χ1v) is 9.66. The Morgan fingerprint density at radius 3 is 1.77 bits per heavy atom. The van der Waals surface area contributed by atoms with Crippen molar-refractivity contribution in [2.45, 2.75) is 6.04 Å². The highest BCUT2D eigenvalue weighted by atomic mass is 35.5. The van der Waals surface area contributed by atoms with E-state index in [1.165, 1.54) is 11.1 Å². The molecule has 0 unspecified atom stereocenters. The second-order valence-corrected chi connectivity index (χ2v) is 7.37. The average Bonchev–Trinajstić information content (AvgIpc) is 2.66. The van der Waals surface area contributed by atoms with Crippen molar-refractivity contribution in [2.24, 2.45) is 0 Å². The number of halogens is 2. The molecule has 1 aliphatic heterocycles. The van der Waals surface area contributed by atoms with Crippen LogP contribution in [-0.4, -0.2) is 54.2 Å². The zero-order valence-corrected chi connectivity index (χ0v) is 16.2. The van der Waals surface area contributed by atoms with Crippen LogP contribution in [0.25, 0.3) is 0 Å². The molecule has 0 amide bonds. The normalized spacial score (nSPS) is 16.6. The molecule has 2 aromatic rings. The van der Waals surface area contributed by atoms with E-state index in [9.17, 15) is 0 Å². The Labute approximate surface area is 165 Å². The van der Waals surface area contributed by atoms with E-state index in [1.54, 1.807) is 6.08 Å². The maximum Gasteiger partial charge on any atom is 0.0612 e. The van der Waals surface area contributed by atoms with Gasteiger partial charge in [0.05, 0.1) is 12.6 Å². The minimum atomic E-state index is 0.106. The van der Waals surface area contributed by atoms with Gasteiger partial charge in [-0.15, -0.1) is 0 Å². The number of piperazine rings is 1. The summed E-state index contributed by atoms with van der Waals surface area (Å²) >= 11 is 12.2. The number of nitrogens with zero attached hydrogens (tertiary/aromatic N) is 2. The van der Waals surface area contributed by atoms with Gasteiger partial charge < -0.3 is 5.11 Å². The largest absolute Gasteiger partial charge is 0.392 e. The number of hydrogen-bond acceptors (Lipinski definition) is 3. The van der Waals surface area contributed by atoms with Gasteiger partial charge in [-0.2, -0.15) is 0 Å².